The lowest BCUT2D eigenvalue weighted by atomic mass is 9.94. The number of hydrogen-bond donors (Lipinski definition) is 0. The molecular formula is C22H36N2OS. The summed E-state index contributed by atoms with van der Waals surface area (Å²) in [4.78, 5) is 8.46. The number of aryl methyl sites for hydroxylation is 1. The summed E-state index contributed by atoms with van der Waals surface area (Å²) in [6, 6.07) is 5.50. The van der Waals surface area contributed by atoms with Crippen LogP contribution in [0.1, 0.15) is 61.1 Å². The van der Waals surface area contributed by atoms with Gasteiger partial charge in [0.1, 0.15) is 0 Å². The first-order chi connectivity index (χ1) is 12.8. The average Bonchev–Trinajstić information content (AvgIpc) is 3.39. The van der Waals surface area contributed by atoms with Gasteiger partial charge in [0.15, 0.2) is 0 Å². The molecule has 1 unspecified atom stereocenters. The van der Waals surface area contributed by atoms with E-state index in [1.165, 1.54) is 80.8 Å². The van der Waals surface area contributed by atoms with Gasteiger partial charge in [-0.25, -0.2) is 0 Å². The number of thiophene rings is 1. The molecule has 0 N–H and O–H groups in total. The van der Waals surface area contributed by atoms with Crippen LogP contribution in [-0.4, -0.2) is 54.7 Å². The van der Waals surface area contributed by atoms with Crippen LogP contribution in [0.4, 0.5) is 0 Å². The zero-order valence-corrected chi connectivity index (χ0v) is 17.3. The zero-order chi connectivity index (χ0) is 17.8. The third-order valence-electron chi connectivity index (χ3n) is 6.67. The van der Waals surface area contributed by atoms with Crippen LogP contribution in [0.2, 0.25) is 0 Å². The fraction of sp³-hybridized carbons (Fsp3) is 0.818. The summed E-state index contributed by atoms with van der Waals surface area (Å²) in [5.41, 5.74) is 0. The van der Waals surface area contributed by atoms with E-state index < -0.39 is 0 Å². The topological polar surface area (TPSA) is 15.7 Å². The monoisotopic (exact) mass is 376 g/mol. The Morgan fingerprint density at radius 3 is 2.50 bits per heavy atom. The Hall–Kier alpha value is -0.420. The van der Waals surface area contributed by atoms with Crippen molar-refractivity contribution in [2.45, 2.75) is 77.0 Å². The molecule has 2 saturated heterocycles. The van der Waals surface area contributed by atoms with Gasteiger partial charge in [-0.1, -0.05) is 12.8 Å². The van der Waals surface area contributed by atoms with Crippen LogP contribution >= 0.6 is 11.3 Å². The quantitative estimate of drug-likeness (QED) is 0.686. The summed E-state index contributed by atoms with van der Waals surface area (Å²) < 4.78 is 5.95. The van der Waals surface area contributed by atoms with Crippen molar-refractivity contribution < 1.29 is 4.74 Å². The number of nitrogens with zero attached hydrogens (tertiary/aromatic N) is 2. The Bertz CT molecular complexity index is 540. The summed E-state index contributed by atoms with van der Waals surface area (Å²) >= 11 is 1.96. The van der Waals surface area contributed by atoms with Crippen LogP contribution in [0, 0.1) is 12.8 Å². The SMILES string of the molecule is Cc1ccc(CN(CC2CCN(C3CCCC3)CC2)CC2CCCO2)s1. The van der Waals surface area contributed by atoms with Gasteiger partial charge in [0.05, 0.1) is 6.10 Å². The molecule has 146 valence electrons. The number of ether oxygens (including phenoxy) is 1. The molecule has 1 aromatic heterocycles. The Labute approximate surface area is 163 Å². The van der Waals surface area contributed by atoms with Gasteiger partial charge < -0.3 is 9.64 Å². The molecule has 26 heavy (non-hydrogen) atoms. The Morgan fingerprint density at radius 1 is 1.04 bits per heavy atom. The van der Waals surface area contributed by atoms with Gasteiger partial charge in [0.25, 0.3) is 0 Å². The Kier molecular flexibility index (Phi) is 6.68. The summed E-state index contributed by atoms with van der Waals surface area (Å²) in [5.74, 6) is 0.870. The molecule has 0 amide bonds. The van der Waals surface area contributed by atoms with Crippen LogP contribution in [0.5, 0.6) is 0 Å². The summed E-state index contributed by atoms with van der Waals surface area (Å²) in [6.45, 7) is 9.35. The second-order valence-electron chi connectivity index (χ2n) is 8.76. The minimum atomic E-state index is 0.467. The lowest BCUT2D eigenvalue weighted by Crippen LogP contribution is -2.43. The Balaban J connectivity index is 1.30. The average molecular weight is 377 g/mol. The summed E-state index contributed by atoms with van der Waals surface area (Å²) in [6.07, 6.45) is 11.6. The van der Waals surface area contributed by atoms with Crippen molar-refractivity contribution in [3.63, 3.8) is 0 Å². The van der Waals surface area contributed by atoms with Crippen molar-refractivity contribution in [2.75, 3.05) is 32.8 Å². The van der Waals surface area contributed by atoms with E-state index in [0.29, 0.717) is 6.10 Å². The molecule has 3 fully saturated rings. The molecule has 0 bridgehead atoms. The van der Waals surface area contributed by atoms with Gasteiger partial charge in [0.2, 0.25) is 0 Å². The molecule has 0 spiro atoms. The molecule has 1 aromatic rings. The van der Waals surface area contributed by atoms with E-state index in [1.807, 2.05) is 11.3 Å². The molecule has 3 heterocycles. The van der Waals surface area contributed by atoms with E-state index >= 15 is 0 Å². The molecule has 4 rings (SSSR count). The lowest BCUT2D eigenvalue weighted by molar-refractivity contribution is 0.0544. The second-order valence-corrected chi connectivity index (χ2v) is 10.1. The molecule has 3 nitrogen and oxygen atoms in total. The molecule has 1 atom stereocenters. The van der Waals surface area contributed by atoms with Crippen LogP contribution < -0.4 is 0 Å². The Morgan fingerprint density at radius 2 is 1.85 bits per heavy atom. The molecule has 1 aliphatic carbocycles. The van der Waals surface area contributed by atoms with Crippen molar-refractivity contribution >= 4 is 11.3 Å². The fourth-order valence-corrected chi connectivity index (χ4v) is 6.14. The van der Waals surface area contributed by atoms with Crippen molar-refractivity contribution in [3.05, 3.63) is 21.9 Å². The maximum Gasteiger partial charge on any atom is 0.0702 e. The molecule has 1 saturated carbocycles. The van der Waals surface area contributed by atoms with Crippen LogP contribution in [0.15, 0.2) is 12.1 Å². The normalized spacial score (nSPS) is 26.3. The number of rotatable bonds is 7. The molecule has 3 aliphatic rings. The van der Waals surface area contributed by atoms with Crippen molar-refractivity contribution in [1.29, 1.82) is 0 Å². The van der Waals surface area contributed by atoms with E-state index in [4.69, 9.17) is 4.74 Å². The molecular weight excluding hydrogens is 340 g/mol. The smallest absolute Gasteiger partial charge is 0.0702 e. The number of hydrogen-bond acceptors (Lipinski definition) is 4. The standard InChI is InChI=1S/C22H36N2OS/c1-18-8-9-22(26-18)17-23(16-21-7-4-14-25-21)15-19-10-12-24(13-11-19)20-5-2-3-6-20/h8-9,19-21H,2-7,10-17H2,1H3. The van der Waals surface area contributed by atoms with E-state index in [-0.39, 0.29) is 0 Å². The molecule has 2 aliphatic heterocycles. The number of piperidine rings is 1. The summed E-state index contributed by atoms with van der Waals surface area (Å²) in [5, 5.41) is 0. The van der Waals surface area contributed by atoms with E-state index in [0.717, 1.165) is 31.7 Å². The minimum Gasteiger partial charge on any atom is -0.377 e. The lowest BCUT2D eigenvalue weighted by Gasteiger charge is -2.38. The first-order valence-corrected chi connectivity index (χ1v) is 11.7. The largest absolute Gasteiger partial charge is 0.377 e. The highest BCUT2D eigenvalue weighted by atomic mass is 32.1. The van der Waals surface area contributed by atoms with Crippen LogP contribution in [-0.2, 0) is 11.3 Å². The third kappa shape index (κ3) is 5.09. The van der Waals surface area contributed by atoms with E-state index in [2.05, 4.69) is 28.9 Å². The third-order valence-corrected chi connectivity index (χ3v) is 7.65. The first-order valence-electron chi connectivity index (χ1n) is 10.9. The molecule has 4 heteroatoms. The zero-order valence-electron chi connectivity index (χ0n) is 16.5. The van der Waals surface area contributed by atoms with Crippen molar-refractivity contribution in [2.24, 2.45) is 5.92 Å². The van der Waals surface area contributed by atoms with Crippen molar-refractivity contribution in [3.8, 4) is 0 Å². The van der Waals surface area contributed by atoms with E-state index in [9.17, 15) is 0 Å². The van der Waals surface area contributed by atoms with Crippen LogP contribution in [0.25, 0.3) is 0 Å². The first kappa shape index (κ1) is 18.9. The molecule has 0 aromatic carbocycles. The van der Waals surface area contributed by atoms with Crippen LogP contribution in [0.3, 0.4) is 0 Å². The van der Waals surface area contributed by atoms with Gasteiger partial charge in [-0.3, -0.25) is 4.90 Å². The number of likely N-dealkylation sites (tertiary alicyclic amines) is 1. The van der Waals surface area contributed by atoms with Gasteiger partial charge in [0, 0.05) is 42.0 Å². The maximum absolute atomic E-state index is 5.95. The maximum atomic E-state index is 5.95. The summed E-state index contributed by atoms with van der Waals surface area (Å²) in [7, 11) is 0. The second kappa shape index (κ2) is 9.18. The van der Waals surface area contributed by atoms with E-state index in [1.54, 1.807) is 0 Å². The fourth-order valence-electron chi connectivity index (χ4n) is 5.21. The highest BCUT2D eigenvalue weighted by Gasteiger charge is 2.29. The highest BCUT2D eigenvalue weighted by molar-refractivity contribution is 7.11. The predicted molar refractivity (Wildman–Crippen MR) is 110 cm³/mol. The van der Waals surface area contributed by atoms with Gasteiger partial charge in [-0.05, 0) is 76.6 Å². The highest BCUT2D eigenvalue weighted by Crippen LogP contribution is 2.29. The predicted octanol–water partition coefficient (Wildman–Crippen LogP) is 4.69. The van der Waals surface area contributed by atoms with Gasteiger partial charge in [-0.2, -0.15) is 0 Å². The van der Waals surface area contributed by atoms with Crippen molar-refractivity contribution in [1.82, 2.24) is 9.80 Å². The minimum absolute atomic E-state index is 0.467. The van der Waals surface area contributed by atoms with Gasteiger partial charge in [-0.15, -0.1) is 11.3 Å². The molecule has 0 radical (unpaired) electrons. The van der Waals surface area contributed by atoms with Gasteiger partial charge >= 0.3 is 0 Å².